The minimum absolute atomic E-state index is 0.0286. The minimum Gasteiger partial charge on any atom is -0.475 e. The maximum Gasteiger partial charge on any atom is 0.371 e. The lowest BCUT2D eigenvalue weighted by Gasteiger charge is -2.24. The predicted octanol–water partition coefficient (Wildman–Crippen LogP) is 3.39. The van der Waals surface area contributed by atoms with Crippen molar-refractivity contribution in [2.45, 2.75) is 51.2 Å². The Balaban J connectivity index is 1.93. The molecule has 1 aromatic rings. The van der Waals surface area contributed by atoms with Gasteiger partial charge in [0.05, 0.1) is 6.10 Å². The molecule has 0 aromatic carbocycles. The molecule has 4 nitrogen and oxygen atoms in total. The molecule has 1 saturated carbocycles. The molecule has 0 radical (unpaired) electrons. The number of hydrogen-bond acceptors (Lipinski definition) is 3. The molecule has 1 aliphatic rings. The van der Waals surface area contributed by atoms with Crippen LogP contribution in [0.5, 0.6) is 0 Å². The number of carboxylic acids is 1. The van der Waals surface area contributed by atoms with Gasteiger partial charge in [0, 0.05) is 0 Å². The summed E-state index contributed by atoms with van der Waals surface area (Å²) >= 11 is 0. The van der Waals surface area contributed by atoms with E-state index in [9.17, 15) is 4.79 Å². The molecular weight excluding hydrogens is 220 g/mol. The number of carboxylic acid groups (broad SMARTS) is 1. The average Bonchev–Trinajstić information content (AvgIpc) is 2.79. The van der Waals surface area contributed by atoms with Gasteiger partial charge in [0.15, 0.2) is 0 Å². The number of rotatable bonds is 4. The molecule has 0 aliphatic heterocycles. The molecule has 1 N–H and O–H groups in total. The van der Waals surface area contributed by atoms with Crippen molar-refractivity contribution in [1.29, 1.82) is 0 Å². The Kier molecular flexibility index (Phi) is 3.84. The monoisotopic (exact) mass is 238 g/mol. The molecule has 1 unspecified atom stereocenters. The van der Waals surface area contributed by atoms with Gasteiger partial charge >= 0.3 is 5.97 Å². The van der Waals surface area contributed by atoms with E-state index in [0.29, 0.717) is 5.76 Å². The maximum absolute atomic E-state index is 10.7. The Hall–Kier alpha value is -1.29. The minimum atomic E-state index is -1.04. The fourth-order valence-electron chi connectivity index (χ4n) is 2.24. The van der Waals surface area contributed by atoms with E-state index in [4.69, 9.17) is 14.3 Å². The highest BCUT2D eigenvalue weighted by molar-refractivity contribution is 5.84. The van der Waals surface area contributed by atoms with Gasteiger partial charge in [0.1, 0.15) is 11.9 Å². The van der Waals surface area contributed by atoms with Gasteiger partial charge in [-0.25, -0.2) is 4.79 Å². The van der Waals surface area contributed by atoms with E-state index in [-0.39, 0.29) is 18.0 Å². The van der Waals surface area contributed by atoms with E-state index in [1.54, 1.807) is 6.07 Å². The topological polar surface area (TPSA) is 59.7 Å². The standard InChI is InChI=1S/C13H18O4/c1-9(16-10-5-3-2-4-6-10)11-7-8-12(17-11)13(14)15/h7-10H,2-6H2,1H3,(H,14,15). The first-order chi connectivity index (χ1) is 8.16. The zero-order chi connectivity index (χ0) is 12.3. The first-order valence-corrected chi connectivity index (χ1v) is 6.15. The molecule has 1 heterocycles. The molecule has 4 heteroatoms. The number of ether oxygens (including phenoxy) is 1. The van der Waals surface area contributed by atoms with Gasteiger partial charge in [-0.3, -0.25) is 0 Å². The van der Waals surface area contributed by atoms with Crippen LogP contribution in [-0.2, 0) is 4.74 Å². The second kappa shape index (κ2) is 5.36. The molecule has 1 fully saturated rings. The summed E-state index contributed by atoms with van der Waals surface area (Å²) < 4.78 is 11.1. The second-order valence-electron chi connectivity index (χ2n) is 4.55. The summed E-state index contributed by atoms with van der Waals surface area (Å²) in [6, 6.07) is 3.15. The fraction of sp³-hybridized carbons (Fsp3) is 0.615. The van der Waals surface area contributed by atoms with Crippen LogP contribution in [-0.4, -0.2) is 17.2 Å². The lowest BCUT2D eigenvalue weighted by molar-refractivity contribution is -0.0318. The van der Waals surface area contributed by atoms with Crippen LogP contribution in [0.25, 0.3) is 0 Å². The SMILES string of the molecule is CC(OC1CCCCC1)c1ccc(C(=O)O)o1. The molecule has 1 aromatic heterocycles. The van der Waals surface area contributed by atoms with Crippen LogP contribution in [0.1, 0.15) is 61.4 Å². The molecule has 2 rings (SSSR count). The van der Waals surface area contributed by atoms with Crippen molar-refractivity contribution in [3.05, 3.63) is 23.7 Å². The van der Waals surface area contributed by atoms with Crippen LogP contribution in [0.2, 0.25) is 0 Å². The molecule has 1 aliphatic carbocycles. The van der Waals surface area contributed by atoms with Gasteiger partial charge < -0.3 is 14.3 Å². The molecular formula is C13H18O4. The smallest absolute Gasteiger partial charge is 0.371 e. The molecule has 94 valence electrons. The number of aromatic carboxylic acids is 1. The van der Waals surface area contributed by atoms with Crippen molar-refractivity contribution in [3.8, 4) is 0 Å². The van der Waals surface area contributed by atoms with E-state index in [1.807, 2.05) is 6.92 Å². The Morgan fingerprint density at radius 1 is 1.41 bits per heavy atom. The van der Waals surface area contributed by atoms with E-state index < -0.39 is 5.97 Å². The van der Waals surface area contributed by atoms with Crippen molar-refractivity contribution >= 4 is 5.97 Å². The van der Waals surface area contributed by atoms with E-state index in [2.05, 4.69) is 0 Å². The Labute approximate surface area is 101 Å². The third-order valence-electron chi connectivity index (χ3n) is 3.19. The van der Waals surface area contributed by atoms with Gasteiger partial charge in [-0.2, -0.15) is 0 Å². The highest BCUT2D eigenvalue weighted by Gasteiger charge is 2.20. The lowest BCUT2D eigenvalue weighted by Crippen LogP contribution is -2.18. The maximum atomic E-state index is 10.7. The highest BCUT2D eigenvalue weighted by atomic mass is 16.5. The summed E-state index contributed by atoms with van der Waals surface area (Å²) in [5, 5.41) is 8.77. The summed E-state index contributed by atoms with van der Waals surface area (Å²) in [5.41, 5.74) is 0. The molecule has 1 atom stereocenters. The zero-order valence-electron chi connectivity index (χ0n) is 10.0. The van der Waals surface area contributed by atoms with E-state index >= 15 is 0 Å². The fourth-order valence-corrected chi connectivity index (χ4v) is 2.24. The van der Waals surface area contributed by atoms with Crippen molar-refractivity contribution in [2.24, 2.45) is 0 Å². The quantitative estimate of drug-likeness (QED) is 0.873. The van der Waals surface area contributed by atoms with Crippen LogP contribution in [0.4, 0.5) is 0 Å². The van der Waals surface area contributed by atoms with Crippen molar-refractivity contribution in [1.82, 2.24) is 0 Å². The normalized spacial score (nSPS) is 19.1. The van der Waals surface area contributed by atoms with Crippen LogP contribution in [0.15, 0.2) is 16.5 Å². The van der Waals surface area contributed by atoms with Crippen LogP contribution < -0.4 is 0 Å². The first kappa shape index (κ1) is 12.2. The second-order valence-corrected chi connectivity index (χ2v) is 4.55. The summed E-state index contributed by atoms with van der Waals surface area (Å²) in [5.74, 6) is -0.479. The number of furan rings is 1. The molecule has 0 bridgehead atoms. The Morgan fingerprint density at radius 3 is 2.71 bits per heavy atom. The van der Waals surface area contributed by atoms with Gasteiger partial charge in [-0.1, -0.05) is 19.3 Å². The summed E-state index contributed by atoms with van der Waals surface area (Å²) in [6.07, 6.45) is 6.03. The lowest BCUT2D eigenvalue weighted by atomic mass is 9.97. The Bertz CT molecular complexity index is 377. The zero-order valence-corrected chi connectivity index (χ0v) is 10.0. The summed E-state index contributed by atoms with van der Waals surface area (Å²) in [7, 11) is 0. The van der Waals surface area contributed by atoms with Gasteiger partial charge in [0.25, 0.3) is 0 Å². The average molecular weight is 238 g/mol. The van der Waals surface area contributed by atoms with Crippen molar-refractivity contribution < 1.29 is 19.1 Å². The third kappa shape index (κ3) is 3.09. The molecule has 0 spiro atoms. The first-order valence-electron chi connectivity index (χ1n) is 6.15. The van der Waals surface area contributed by atoms with E-state index in [1.165, 1.54) is 25.3 Å². The van der Waals surface area contributed by atoms with Crippen molar-refractivity contribution in [3.63, 3.8) is 0 Å². The molecule has 0 amide bonds. The largest absolute Gasteiger partial charge is 0.475 e. The number of carbonyl (C=O) groups is 1. The van der Waals surface area contributed by atoms with Crippen LogP contribution >= 0.6 is 0 Å². The van der Waals surface area contributed by atoms with E-state index in [0.717, 1.165) is 12.8 Å². The Morgan fingerprint density at radius 2 is 2.12 bits per heavy atom. The summed E-state index contributed by atoms with van der Waals surface area (Å²) in [6.45, 7) is 1.90. The van der Waals surface area contributed by atoms with Crippen LogP contribution in [0, 0.1) is 0 Å². The van der Waals surface area contributed by atoms with Gasteiger partial charge in [-0.15, -0.1) is 0 Å². The molecule has 17 heavy (non-hydrogen) atoms. The third-order valence-corrected chi connectivity index (χ3v) is 3.19. The highest BCUT2D eigenvalue weighted by Crippen LogP contribution is 2.27. The summed E-state index contributed by atoms with van der Waals surface area (Å²) in [4.78, 5) is 10.7. The van der Waals surface area contributed by atoms with Crippen molar-refractivity contribution in [2.75, 3.05) is 0 Å². The van der Waals surface area contributed by atoms with Crippen LogP contribution in [0.3, 0.4) is 0 Å². The number of hydrogen-bond donors (Lipinski definition) is 1. The van der Waals surface area contributed by atoms with Gasteiger partial charge in [0.2, 0.25) is 5.76 Å². The molecule has 0 saturated heterocycles. The van der Waals surface area contributed by atoms with Gasteiger partial charge in [-0.05, 0) is 31.9 Å². The predicted molar refractivity (Wildman–Crippen MR) is 62.0 cm³/mol.